The van der Waals surface area contributed by atoms with E-state index in [0.717, 1.165) is 0 Å². The zero-order chi connectivity index (χ0) is 15.4. The van der Waals surface area contributed by atoms with Gasteiger partial charge in [0.1, 0.15) is 0 Å². The van der Waals surface area contributed by atoms with Gasteiger partial charge in [-0.1, -0.05) is 0 Å². The largest absolute Gasteiger partial charge is 0.336 e. The van der Waals surface area contributed by atoms with Crippen LogP contribution in [0.15, 0.2) is 24.5 Å². The second-order valence-corrected chi connectivity index (χ2v) is 4.31. The average molecular weight is 291 g/mol. The van der Waals surface area contributed by atoms with Crippen LogP contribution in [-0.2, 0) is 11.3 Å². The number of benzene rings is 1. The minimum atomic E-state index is -0.585. The predicted molar refractivity (Wildman–Crippen MR) is 73.6 cm³/mol. The van der Waals surface area contributed by atoms with E-state index in [2.05, 4.69) is 15.6 Å². The lowest BCUT2D eigenvalue weighted by atomic mass is 10.3. The molecular formula is C12H13N5O4. The van der Waals surface area contributed by atoms with E-state index < -0.39 is 16.9 Å². The number of amides is 3. The molecule has 0 saturated carbocycles. The van der Waals surface area contributed by atoms with Crippen LogP contribution in [-0.4, -0.2) is 33.0 Å². The van der Waals surface area contributed by atoms with Crippen molar-refractivity contribution >= 4 is 28.7 Å². The summed E-state index contributed by atoms with van der Waals surface area (Å²) in [6.45, 7) is 1.87. The maximum atomic E-state index is 11.2. The molecule has 3 amide bonds. The number of carbonyl (C=O) groups is 2. The number of rotatable bonds is 4. The van der Waals surface area contributed by atoms with Crippen LogP contribution >= 0.6 is 0 Å². The van der Waals surface area contributed by atoms with Gasteiger partial charge in [0, 0.05) is 32.1 Å². The maximum absolute atomic E-state index is 11.2. The smallest absolute Gasteiger partial charge is 0.321 e. The lowest BCUT2D eigenvalue weighted by Gasteiger charge is -2.06. The van der Waals surface area contributed by atoms with E-state index in [4.69, 9.17) is 0 Å². The van der Waals surface area contributed by atoms with Crippen molar-refractivity contribution in [3.8, 4) is 0 Å². The molecule has 1 aromatic heterocycles. The van der Waals surface area contributed by atoms with Crippen molar-refractivity contribution < 1.29 is 14.5 Å². The number of nitrogens with zero attached hydrogens (tertiary/aromatic N) is 3. The van der Waals surface area contributed by atoms with Gasteiger partial charge in [0.25, 0.3) is 5.69 Å². The van der Waals surface area contributed by atoms with Crippen molar-refractivity contribution in [1.82, 2.24) is 20.2 Å². The summed E-state index contributed by atoms with van der Waals surface area (Å²) in [5.74, 6) is -0.448. The van der Waals surface area contributed by atoms with Crippen LogP contribution in [0, 0.1) is 10.1 Å². The van der Waals surface area contributed by atoms with Crippen molar-refractivity contribution in [2.75, 3.05) is 6.54 Å². The highest BCUT2D eigenvalue weighted by Gasteiger charge is 2.10. The molecule has 9 nitrogen and oxygen atoms in total. The molecule has 0 unspecified atom stereocenters. The normalized spacial score (nSPS) is 10.3. The Morgan fingerprint density at radius 2 is 2.19 bits per heavy atom. The third-order valence-electron chi connectivity index (χ3n) is 2.74. The fraction of sp³-hybridized carbons (Fsp3) is 0.250. The Morgan fingerprint density at radius 3 is 2.86 bits per heavy atom. The van der Waals surface area contributed by atoms with Crippen molar-refractivity contribution in [3.63, 3.8) is 0 Å². The number of nitrogens with one attached hydrogen (secondary N) is 2. The molecule has 0 atom stereocenters. The Bertz CT molecular complexity index is 709. The van der Waals surface area contributed by atoms with Crippen molar-refractivity contribution in [2.24, 2.45) is 0 Å². The molecule has 0 saturated heterocycles. The molecule has 0 radical (unpaired) electrons. The van der Waals surface area contributed by atoms with Crippen molar-refractivity contribution in [2.45, 2.75) is 13.5 Å². The number of nitro benzene ring substituents is 1. The molecule has 1 heterocycles. The molecule has 0 spiro atoms. The van der Waals surface area contributed by atoms with Gasteiger partial charge in [-0.15, -0.1) is 0 Å². The first-order valence-corrected chi connectivity index (χ1v) is 6.12. The summed E-state index contributed by atoms with van der Waals surface area (Å²) in [4.78, 5) is 36.3. The molecule has 2 rings (SSSR count). The molecule has 2 N–H and O–H groups in total. The number of fused-ring (bicyclic) bond motifs is 1. The van der Waals surface area contributed by atoms with E-state index in [0.29, 0.717) is 17.6 Å². The number of aromatic nitrogens is 2. The van der Waals surface area contributed by atoms with Gasteiger partial charge in [0.15, 0.2) is 0 Å². The number of imide groups is 1. The van der Waals surface area contributed by atoms with E-state index >= 15 is 0 Å². The summed E-state index contributed by atoms with van der Waals surface area (Å²) < 4.78 is 1.69. The number of imidazole rings is 1. The molecule has 0 aliphatic carbocycles. The SMILES string of the molecule is CC(=O)NC(=O)NCCn1cnc2ccc([N+](=O)[O-])cc21. The van der Waals surface area contributed by atoms with Crippen LogP contribution < -0.4 is 10.6 Å². The molecule has 0 fully saturated rings. The second kappa shape index (κ2) is 5.99. The number of urea groups is 1. The lowest BCUT2D eigenvalue weighted by molar-refractivity contribution is -0.384. The lowest BCUT2D eigenvalue weighted by Crippen LogP contribution is -2.39. The molecule has 0 bridgehead atoms. The molecule has 2 aromatic rings. The van der Waals surface area contributed by atoms with Crippen LogP contribution in [0.2, 0.25) is 0 Å². The first kappa shape index (κ1) is 14.4. The standard InChI is InChI=1S/C12H13N5O4/c1-8(18)15-12(19)13-4-5-16-7-14-10-3-2-9(17(20)21)6-11(10)16/h2-3,6-7H,4-5H2,1H3,(H2,13,15,18,19). The molecule has 0 aliphatic heterocycles. The Balaban J connectivity index is 2.05. The monoisotopic (exact) mass is 291 g/mol. The Hall–Kier alpha value is -2.97. The predicted octanol–water partition coefficient (Wildman–Crippen LogP) is 0.790. The zero-order valence-corrected chi connectivity index (χ0v) is 11.2. The average Bonchev–Trinajstić information content (AvgIpc) is 2.80. The first-order chi connectivity index (χ1) is 9.97. The van der Waals surface area contributed by atoms with E-state index in [-0.39, 0.29) is 12.2 Å². The van der Waals surface area contributed by atoms with Crippen LogP contribution in [0.1, 0.15) is 6.92 Å². The summed E-state index contributed by atoms with van der Waals surface area (Å²) in [5, 5.41) is 15.3. The van der Waals surface area contributed by atoms with Gasteiger partial charge < -0.3 is 9.88 Å². The van der Waals surface area contributed by atoms with Crippen molar-refractivity contribution in [3.05, 3.63) is 34.6 Å². The Labute approximate surface area is 119 Å². The summed E-state index contributed by atoms with van der Waals surface area (Å²) in [6.07, 6.45) is 1.54. The molecule has 1 aromatic carbocycles. The van der Waals surface area contributed by atoms with Crippen LogP contribution in [0.25, 0.3) is 11.0 Å². The topological polar surface area (TPSA) is 119 Å². The summed E-state index contributed by atoms with van der Waals surface area (Å²) in [5.41, 5.74) is 1.22. The first-order valence-electron chi connectivity index (χ1n) is 6.12. The summed E-state index contributed by atoms with van der Waals surface area (Å²) in [6, 6.07) is 3.80. The molecule has 21 heavy (non-hydrogen) atoms. The van der Waals surface area contributed by atoms with Gasteiger partial charge in [0.05, 0.1) is 22.3 Å². The van der Waals surface area contributed by atoms with Gasteiger partial charge in [0.2, 0.25) is 5.91 Å². The highest BCUT2D eigenvalue weighted by atomic mass is 16.6. The van der Waals surface area contributed by atoms with Crippen LogP contribution in [0.3, 0.4) is 0 Å². The molecule has 9 heteroatoms. The van der Waals surface area contributed by atoms with E-state index in [9.17, 15) is 19.7 Å². The van der Waals surface area contributed by atoms with Crippen LogP contribution in [0.5, 0.6) is 0 Å². The highest BCUT2D eigenvalue weighted by Crippen LogP contribution is 2.19. The number of carbonyl (C=O) groups excluding carboxylic acids is 2. The van der Waals surface area contributed by atoms with Crippen LogP contribution in [0.4, 0.5) is 10.5 Å². The second-order valence-electron chi connectivity index (χ2n) is 4.31. The number of non-ortho nitro benzene ring substituents is 1. The summed E-state index contributed by atoms with van der Waals surface area (Å²) >= 11 is 0. The van der Waals surface area contributed by atoms with E-state index in [1.54, 1.807) is 17.0 Å². The third-order valence-corrected chi connectivity index (χ3v) is 2.74. The van der Waals surface area contributed by atoms with Gasteiger partial charge in [-0.05, 0) is 6.07 Å². The number of hydrogen-bond donors (Lipinski definition) is 2. The van der Waals surface area contributed by atoms with Gasteiger partial charge in [-0.25, -0.2) is 9.78 Å². The minimum Gasteiger partial charge on any atom is -0.336 e. The summed E-state index contributed by atoms with van der Waals surface area (Å²) in [7, 11) is 0. The maximum Gasteiger partial charge on any atom is 0.321 e. The highest BCUT2D eigenvalue weighted by molar-refractivity contribution is 5.92. The fourth-order valence-electron chi connectivity index (χ4n) is 1.83. The zero-order valence-electron chi connectivity index (χ0n) is 11.2. The third kappa shape index (κ3) is 3.53. The Kier molecular flexibility index (Phi) is 4.12. The number of hydrogen-bond acceptors (Lipinski definition) is 5. The van der Waals surface area contributed by atoms with E-state index in [1.807, 2.05) is 0 Å². The molecular weight excluding hydrogens is 278 g/mol. The van der Waals surface area contributed by atoms with Gasteiger partial charge >= 0.3 is 6.03 Å². The van der Waals surface area contributed by atoms with Crippen molar-refractivity contribution in [1.29, 1.82) is 0 Å². The van der Waals surface area contributed by atoms with E-state index in [1.165, 1.54) is 19.1 Å². The Morgan fingerprint density at radius 1 is 1.43 bits per heavy atom. The fourth-order valence-corrected chi connectivity index (χ4v) is 1.83. The molecule has 0 aliphatic rings. The van der Waals surface area contributed by atoms with Gasteiger partial charge in [-0.2, -0.15) is 0 Å². The number of nitro groups is 1. The quantitative estimate of drug-likeness (QED) is 0.637. The van der Waals surface area contributed by atoms with Gasteiger partial charge in [-0.3, -0.25) is 20.2 Å². The minimum absolute atomic E-state index is 0.0217. The molecule has 110 valence electrons.